The maximum absolute atomic E-state index is 6.23. The van der Waals surface area contributed by atoms with Gasteiger partial charge in [-0.05, 0) is 48.7 Å². The van der Waals surface area contributed by atoms with Gasteiger partial charge in [0.1, 0.15) is 5.75 Å². The lowest BCUT2D eigenvalue weighted by atomic mass is 10.1. The minimum Gasteiger partial charge on any atom is -0.493 e. The fraction of sp³-hybridized carbons (Fsp3) is 0.333. The zero-order valence-electron chi connectivity index (χ0n) is 12.2. The van der Waals surface area contributed by atoms with Crippen LogP contribution in [0.25, 0.3) is 0 Å². The monoisotopic (exact) mass is 301 g/mol. The van der Waals surface area contributed by atoms with Gasteiger partial charge in [-0.25, -0.2) is 0 Å². The molecule has 2 aromatic carbocycles. The number of halogens is 1. The van der Waals surface area contributed by atoms with Crippen LogP contribution in [0.3, 0.4) is 0 Å². The smallest absolute Gasteiger partial charge is 0.122 e. The molecule has 0 spiro atoms. The molecule has 1 atom stereocenters. The number of nitrogens with one attached hydrogen (secondary N) is 1. The van der Waals surface area contributed by atoms with E-state index in [2.05, 4.69) is 36.5 Å². The number of hydrogen-bond acceptors (Lipinski definition) is 2. The summed E-state index contributed by atoms with van der Waals surface area (Å²) in [6, 6.07) is 14.8. The molecule has 0 radical (unpaired) electrons. The summed E-state index contributed by atoms with van der Waals surface area (Å²) in [4.78, 5) is 0. The van der Waals surface area contributed by atoms with Gasteiger partial charge < -0.3 is 10.1 Å². The number of benzene rings is 2. The number of hydrogen-bond donors (Lipinski definition) is 1. The second-order valence-corrected chi connectivity index (χ2v) is 5.90. The van der Waals surface area contributed by atoms with Gasteiger partial charge in [-0.1, -0.05) is 41.9 Å². The summed E-state index contributed by atoms with van der Waals surface area (Å²) in [5.41, 5.74) is 3.85. The Morgan fingerprint density at radius 3 is 2.95 bits per heavy atom. The van der Waals surface area contributed by atoms with Crippen LogP contribution in [0.1, 0.15) is 29.7 Å². The van der Waals surface area contributed by atoms with E-state index in [1.165, 1.54) is 11.1 Å². The van der Waals surface area contributed by atoms with E-state index in [0.29, 0.717) is 0 Å². The molecule has 0 unspecified atom stereocenters. The first-order chi connectivity index (χ1) is 10.2. The summed E-state index contributed by atoms with van der Waals surface area (Å²) in [5, 5.41) is 4.37. The van der Waals surface area contributed by atoms with Crippen LogP contribution in [0.2, 0.25) is 5.02 Å². The molecular formula is C18H20ClNO. The summed E-state index contributed by atoms with van der Waals surface area (Å²) >= 11 is 6.23. The maximum atomic E-state index is 6.23. The molecule has 0 saturated heterocycles. The molecule has 110 valence electrons. The molecular weight excluding hydrogens is 282 g/mol. The largest absolute Gasteiger partial charge is 0.493 e. The fourth-order valence-corrected chi connectivity index (χ4v) is 3.06. The molecule has 1 aliphatic heterocycles. The van der Waals surface area contributed by atoms with Crippen molar-refractivity contribution in [2.45, 2.75) is 25.8 Å². The van der Waals surface area contributed by atoms with Crippen LogP contribution >= 0.6 is 11.6 Å². The Morgan fingerprint density at radius 2 is 2.10 bits per heavy atom. The average Bonchev–Trinajstić information content (AvgIpc) is 2.95. The average molecular weight is 302 g/mol. The Balaban J connectivity index is 1.55. The SMILES string of the molecule is C[C@@H](NCCc1ccc2c(c1)CCO2)c1ccccc1Cl. The van der Waals surface area contributed by atoms with E-state index in [1.54, 1.807) is 0 Å². The first-order valence-corrected chi connectivity index (χ1v) is 7.84. The minimum atomic E-state index is 0.261. The van der Waals surface area contributed by atoms with E-state index in [1.807, 2.05) is 18.2 Å². The number of ether oxygens (including phenoxy) is 1. The summed E-state index contributed by atoms with van der Waals surface area (Å²) in [6.45, 7) is 3.91. The molecule has 1 heterocycles. The van der Waals surface area contributed by atoms with Gasteiger partial charge >= 0.3 is 0 Å². The van der Waals surface area contributed by atoms with Crippen molar-refractivity contribution in [1.82, 2.24) is 5.32 Å². The molecule has 0 aromatic heterocycles. The first-order valence-electron chi connectivity index (χ1n) is 7.46. The van der Waals surface area contributed by atoms with E-state index in [9.17, 15) is 0 Å². The fourth-order valence-electron chi connectivity index (χ4n) is 2.76. The molecule has 0 saturated carbocycles. The van der Waals surface area contributed by atoms with Gasteiger partial charge in [-0.3, -0.25) is 0 Å². The third-order valence-electron chi connectivity index (χ3n) is 3.99. The van der Waals surface area contributed by atoms with Crippen LogP contribution in [-0.4, -0.2) is 13.2 Å². The van der Waals surface area contributed by atoms with Gasteiger partial charge in [0.15, 0.2) is 0 Å². The van der Waals surface area contributed by atoms with Crippen LogP contribution in [-0.2, 0) is 12.8 Å². The topological polar surface area (TPSA) is 21.3 Å². The van der Waals surface area contributed by atoms with E-state index in [4.69, 9.17) is 16.3 Å². The predicted octanol–water partition coefficient (Wildman–Crippen LogP) is 4.17. The van der Waals surface area contributed by atoms with Gasteiger partial charge in [-0.2, -0.15) is 0 Å². The quantitative estimate of drug-likeness (QED) is 0.895. The second-order valence-electron chi connectivity index (χ2n) is 5.49. The van der Waals surface area contributed by atoms with Crippen molar-refractivity contribution < 1.29 is 4.74 Å². The van der Waals surface area contributed by atoms with Crippen LogP contribution < -0.4 is 10.1 Å². The van der Waals surface area contributed by atoms with Gasteiger partial charge in [0.2, 0.25) is 0 Å². The Bertz CT molecular complexity index is 626. The number of fused-ring (bicyclic) bond motifs is 1. The van der Waals surface area contributed by atoms with Crippen LogP contribution in [0, 0.1) is 0 Å². The molecule has 21 heavy (non-hydrogen) atoms. The molecule has 1 aliphatic rings. The lowest BCUT2D eigenvalue weighted by Gasteiger charge is -2.15. The van der Waals surface area contributed by atoms with Crippen molar-refractivity contribution in [3.63, 3.8) is 0 Å². The lowest BCUT2D eigenvalue weighted by Crippen LogP contribution is -2.21. The van der Waals surface area contributed by atoms with Crippen molar-refractivity contribution in [3.05, 3.63) is 64.2 Å². The van der Waals surface area contributed by atoms with E-state index in [-0.39, 0.29) is 6.04 Å². The normalized spacial score (nSPS) is 14.6. The highest BCUT2D eigenvalue weighted by Gasteiger charge is 2.12. The standard InChI is InChI=1S/C18H20ClNO/c1-13(16-4-2-3-5-17(16)19)20-10-8-14-6-7-18-15(12-14)9-11-21-18/h2-7,12-13,20H,8-11H2,1H3/t13-/m1/s1. The summed E-state index contributed by atoms with van der Waals surface area (Å²) in [7, 11) is 0. The third-order valence-corrected chi connectivity index (χ3v) is 4.33. The summed E-state index contributed by atoms with van der Waals surface area (Å²) < 4.78 is 5.54. The lowest BCUT2D eigenvalue weighted by molar-refractivity contribution is 0.357. The highest BCUT2D eigenvalue weighted by molar-refractivity contribution is 6.31. The molecule has 0 fully saturated rings. The minimum absolute atomic E-state index is 0.261. The van der Waals surface area contributed by atoms with Crippen molar-refractivity contribution in [1.29, 1.82) is 0 Å². The molecule has 0 amide bonds. The van der Waals surface area contributed by atoms with Crippen LogP contribution in [0.4, 0.5) is 0 Å². The van der Waals surface area contributed by atoms with Crippen molar-refractivity contribution in [3.8, 4) is 5.75 Å². The summed E-state index contributed by atoms with van der Waals surface area (Å²) in [6.07, 6.45) is 2.05. The van der Waals surface area contributed by atoms with Crippen molar-refractivity contribution in [2.75, 3.05) is 13.2 Å². The van der Waals surface area contributed by atoms with Gasteiger partial charge in [0, 0.05) is 17.5 Å². The highest BCUT2D eigenvalue weighted by atomic mass is 35.5. The molecule has 3 rings (SSSR count). The molecule has 0 bridgehead atoms. The van der Waals surface area contributed by atoms with Crippen LogP contribution in [0.5, 0.6) is 5.75 Å². The molecule has 0 aliphatic carbocycles. The third kappa shape index (κ3) is 3.39. The second kappa shape index (κ2) is 6.50. The molecule has 3 heteroatoms. The van der Waals surface area contributed by atoms with E-state index >= 15 is 0 Å². The van der Waals surface area contributed by atoms with Gasteiger partial charge in [0.25, 0.3) is 0 Å². The highest BCUT2D eigenvalue weighted by Crippen LogP contribution is 2.26. The molecule has 1 N–H and O–H groups in total. The van der Waals surface area contributed by atoms with E-state index in [0.717, 1.165) is 42.3 Å². The molecule has 2 nitrogen and oxygen atoms in total. The van der Waals surface area contributed by atoms with E-state index < -0.39 is 0 Å². The summed E-state index contributed by atoms with van der Waals surface area (Å²) in [5.74, 6) is 1.05. The Kier molecular flexibility index (Phi) is 4.47. The zero-order valence-corrected chi connectivity index (χ0v) is 13.0. The Morgan fingerprint density at radius 1 is 1.24 bits per heavy atom. The van der Waals surface area contributed by atoms with Crippen LogP contribution in [0.15, 0.2) is 42.5 Å². The van der Waals surface area contributed by atoms with Gasteiger partial charge in [0.05, 0.1) is 6.61 Å². The Labute approximate surface area is 131 Å². The maximum Gasteiger partial charge on any atom is 0.122 e. The number of rotatable bonds is 5. The predicted molar refractivity (Wildman–Crippen MR) is 87.2 cm³/mol. The van der Waals surface area contributed by atoms with Crippen molar-refractivity contribution in [2.24, 2.45) is 0 Å². The Hall–Kier alpha value is -1.51. The van der Waals surface area contributed by atoms with Crippen molar-refractivity contribution >= 4 is 11.6 Å². The molecule has 2 aromatic rings. The zero-order chi connectivity index (χ0) is 14.7. The van der Waals surface area contributed by atoms with Gasteiger partial charge in [-0.15, -0.1) is 0 Å². The first kappa shape index (κ1) is 14.4.